The topological polar surface area (TPSA) is 34.1 Å². The van der Waals surface area contributed by atoms with Gasteiger partial charge >= 0.3 is 0 Å². The number of rotatable bonds is 4. The van der Waals surface area contributed by atoms with Crippen LogP contribution in [-0.2, 0) is 0 Å². The van der Waals surface area contributed by atoms with Crippen molar-refractivity contribution in [3.63, 3.8) is 0 Å². The van der Waals surface area contributed by atoms with Gasteiger partial charge in [0.15, 0.2) is 11.6 Å². The van der Waals surface area contributed by atoms with Crippen molar-refractivity contribution >= 4 is 11.8 Å². The van der Waals surface area contributed by atoms with Crippen LogP contribution < -0.4 is 10.1 Å². The summed E-state index contributed by atoms with van der Waals surface area (Å²) in [6, 6.07) is 12.3. The molecule has 1 aliphatic heterocycles. The number of aromatic nitrogens is 1. The van der Waals surface area contributed by atoms with Crippen molar-refractivity contribution in [2.45, 2.75) is 33.1 Å². The molecule has 1 atom stereocenters. The van der Waals surface area contributed by atoms with E-state index >= 15 is 0 Å². The third-order valence-corrected chi connectivity index (χ3v) is 4.12. The molecule has 0 fully saturated rings. The van der Waals surface area contributed by atoms with Crippen LogP contribution in [-0.4, -0.2) is 4.98 Å². The number of nitrogens with zero attached hydrogens (tertiary/aromatic N) is 1. The average Bonchev–Trinajstić information content (AvgIpc) is 2.90. The maximum absolute atomic E-state index is 5.94. The normalized spacial score (nSPS) is 16.3. The lowest BCUT2D eigenvalue weighted by molar-refractivity contribution is 0.455. The SMILES string of the molecule is CCC(c1ccc2c(c1)OC(=Cc1ccccn1)N2)C(C)C. The molecule has 0 aliphatic carbocycles. The first-order valence-electron chi connectivity index (χ1n) is 7.89. The van der Waals surface area contributed by atoms with Gasteiger partial charge < -0.3 is 10.1 Å². The van der Waals surface area contributed by atoms with Gasteiger partial charge in [-0.05, 0) is 48.1 Å². The van der Waals surface area contributed by atoms with E-state index in [0.717, 1.165) is 29.4 Å². The first-order chi connectivity index (χ1) is 10.7. The second kappa shape index (κ2) is 6.22. The summed E-state index contributed by atoms with van der Waals surface area (Å²) in [6.45, 7) is 6.78. The Bertz CT molecular complexity index is 677. The molecule has 0 bridgehead atoms. The molecule has 0 amide bonds. The van der Waals surface area contributed by atoms with Gasteiger partial charge in [0.2, 0.25) is 0 Å². The maximum Gasteiger partial charge on any atom is 0.200 e. The molecule has 3 heteroatoms. The Hall–Kier alpha value is -2.29. The van der Waals surface area contributed by atoms with E-state index in [1.54, 1.807) is 6.20 Å². The van der Waals surface area contributed by atoms with Gasteiger partial charge in [-0.25, -0.2) is 0 Å². The standard InChI is InChI=1S/C19H22N2O/c1-4-16(13(2)3)14-8-9-17-18(11-14)22-19(21-17)12-15-7-5-6-10-20-15/h5-13,16,21H,4H2,1-3H3. The van der Waals surface area contributed by atoms with Crippen LogP contribution >= 0.6 is 0 Å². The zero-order valence-electron chi connectivity index (χ0n) is 13.3. The second-order valence-corrected chi connectivity index (χ2v) is 6.00. The smallest absolute Gasteiger partial charge is 0.200 e. The Morgan fingerprint density at radius 2 is 2.09 bits per heavy atom. The van der Waals surface area contributed by atoms with Gasteiger partial charge in [-0.3, -0.25) is 4.98 Å². The van der Waals surface area contributed by atoms with E-state index in [2.05, 4.69) is 49.3 Å². The van der Waals surface area contributed by atoms with Gasteiger partial charge in [-0.2, -0.15) is 0 Å². The average molecular weight is 294 g/mol. The van der Waals surface area contributed by atoms with Crippen LogP contribution in [0, 0.1) is 5.92 Å². The van der Waals surface area contributed by atoms with Crippen molar-refractivity contribution in [3.05, 3.63) is 59.7 Å². The molecule has 114 valence electrons. The molecule has 1 unspecified atom stereocenters. The summed E-state index contributed by atoms with van der Waals surface area (Å²) < 4.78 is 5.94. The van der Waals surface area contributed by atoms with Crippen molar-refractivity contribution in [1.29, 1.82) is 0 Å². The van der Waals surface area contributed by atoms with Crippen LogP contribution in [0.3, 0.4) is 0 Å². The predicted octanol–water partition coefficient (Wildman–Crippen LogP) is 5.03. The fourth-order valence-corrected chi connectivity index (χ4v) is 2.99. The van der Waals surface area contributed by atoms with Crippen molar-refractivity contribution in [3.8, 4) is 5.75 Å². The Balaban J connectivity index is 1.83. The van der Waals surface area contributed by atoms with Crippen LogP contribution in [0.4, 0.5) is 5.69 Å². The van der Waals surface area contributed by atoms with E-state index in [4.69, 9.17) is 4.74 Å². The number of ether oxygens (including phenoxy) is 1. The summed E-state index contributed by atoms with van der Waals surface area (Å²) in [5, 5.41) is 3.30. The molecule has 2 heterocycles. The zero-order valence-corrected chi connectivity index (χ0v) is 13.3. The minimum Gasteiger partial charge on any atom is -0.439 e. The van der Waals surface area contributed by atoms with Crippen molar-refractivity contribution in [1.82, 2.24) is 4.98 Å². The molecule has 0 radical (unpaired) electrons. The fourth-order valence-electron chi connectivity index (χ4n) is 2.99. The Labute approximate surface area is 132 Å². The van der Waals surface area contributed by atoms with E-state index in [9.17, 15) is 0 Å². The highest BCUT2D eigenvalue weighted by Gasteiger charge is 2.20. The molecule has 3 rings (SSSR count). The van der Waals surface area contributed by atoms with E-state index < -0.39 is 0 Å². The number of nitrogens with one attached hydrogen (secondary N) is 1. The Morgan fingerprint density at radius 3 is 2.77 bits per heavy atom. The highest BCUT2D eigenvalue weighted by atomic mass is 16.5. The third kappa shape index (κ3) is 2.98. The molecular formula is C19H22N2O. The highest BCUT2D eigenvalue weighted by Crippen LogP contribution is 2.38. The molecule has 22 heavy (non-hydrogen) atoms. The summed E-state index contributed by atoms with van der Waals surface area (Å²) in [5.74, 6) is 2.82. The molecule has 0 saturated carbocycles. The van der Waals surface area contributed by atoms with Crippen LogP contribution in [0.5, 0.6) is 5.75 Å². The quantitative estimate of drug-likeness (QED) is 0.858. The van der Waals surface area contributed by atoms with Crippen molar-refractivity contribution in [2.24, 2.45) is 5.92 Å². The minimum absolute atomic E-state index is 0.567. The number of hydrogen-bond acceptors (Lipinski definition) is 3. The molecule has 0 spiro atoms. The van der Waals surface area contributed by atoms with Gasteiger partial charge in [0, 0.05) is 12.3 Å². The van der Waals surface area contributed by atoms with E-state index in [1.165, 1.54) is 5.56 Å². The minimum atomic E-state index is 0.567. The largest absolute Gasteiger partial charge is 0.439 e. The molecule has 3 nitrogen and oxygen atoms in total. The number of hydrogen-bond donors (Lipinski definition) is 1. The van der Waals surface area contributed by atoms with Crippen LogP contribution in [0.1, 0.15) is 44.4 Å². The number of fused-ring (bicyclic) bond motifs is 1. The second-order valence-electron chi connectivity index (χ2n) is 6.00. The van der Waals surface area contributed by atoms with Crippen LogP contribution in [0.25, 0.3) is 6.08 Å². The van der Waals surface area contributed by atoms with Crippen molar-refractivity contribution < 1.29 is 4.74 Å². The van der Waals surface area contributed by atoms with Gasteiger partial charge in [0.1, 0.15) is 0 Å². The van der Waals surface area contributed by atoms with Gasteiger partial charge in [-0.15, -0.1) is 0 Å². The maximum atomic E-state index is 5.94. The highest BCUT2D eigenvalue weighted by molar-refractivity contribution is 5.68. The van der Waals surface area contributed by atoms with Gasteiger partial charge in [0.05, 0.1) is 11.4 Å². The Morgan fingerprint density at radius 1 is 1.23 bits per heavy atom. The number of pyridine rings is 1. The summed E-state index contributed by atoms with van der Waals surface area (Å²) in [7, 11) is 0. The van der Waals surface area contributed by atoms with E-state index in [0.29, 0.717) is 11.8 Å². The molecular weight excluding hydrogens is 272 g/mol. The van der Waals surface area contributed by atoms with Gasteiger partial charge in [0.25, 0.3) is 0 Å². The lowest BCUT2D eigenvalue weighted by Gasteiger charge is -2.19. The molecule has 1 aromatic heterocycles. The third-order valence-electron chi connectivity index (χ3n) is 4.12. The Kier molecular flexibility index (Phi) is 4.14. The molecule has 1 aliphatic rings. The summed E-state index contributed by atoms with van der Waals surface area (Å²) >= 11 is 0. The summed E-state index contributed by atoms with van der Waals surface area (Å²) in [4.78, 5) is 4.29. The lowest BCUT2D eigenvalue weighted by atomic mass is 9.86. The lowest BCUT2D eigenvalue weighted by Crippen LogP contribution is -2.05. The first kappa shape index (κ1) is 14.6. The fraction of sp³-hybridized carbons (Fsp3) is 0.316. The van der Waals surface area contributed by atoms with Crippen molar-refractivity contribution in [2.75, 3.05) is 5.32 Å². The number of benzene rings is 1. The molecule has 1 aromatic carbocycles. The molecule has 0 saturated heterocycles. The number of anilines is 1. The van der Waals surface area contributed by atoms with Crippen LogP contribution in [0.2, 0.25) is 0 Å². The monoisotopic (exact) mass is 294 g/mol. The summed E-state index contributed by atoms with van der Waals surface area (Å²) in [5.41, 5.74) is 3.24. The van der Waals surface area contributed by atoms with E-state index in [1.807, 2.05) is 24.3 Å². The zero-order chi connectivity index (χ0) is 15.5. The summed E-state index contributed by atoms with van der Waals surface area (Å²) in [6.07, 6.45) is 4.83. The predicted molar refractivity (Wildman–Crippen MR) is 90.8 cm³/mol. The van der Waals surface area contributed by atoms with Crippen LogP contribution in [0.15, 0.2) is 48.5 Å². The molecule has 1 N–H and O–H groups in total. The first-order valence-corrected chi connectivity index (χ1v) is 7.89. The van der Waals surface area contributed by atoms with Gasteiger partial charge in [-0.1, -0.05) is 32.9 Å². The van der Waals surface area contributed by atoms with E-state index in [-0.39, 0.29) is 0 Å². The molecule has 2 aromatic rings.